The van der Waals surface area contributed by atoms with E-state index in [1.54, 1.807) is 6.20 Å². The summed E-state index contributed by atoms with van der Waals surface area (Å²) in [7, 11) is 0. The Hall–Kier alpha value is -1.32. The molecule has 3 nitrogen and oxygen atoms in total. The molecule has 0 fully saturated rings. The Bertz CT molecular complexity index is 616. The second kappa shape index (κ2) is 6.63. The molecular weight excluding hydrogens is 282 g/mol. The van der Waals surface area contributed by atoms with E-state index in [4.69, 9.17) is 11.6 Å². The summed E-state index contributed by atoms with van der Waals surface area (Å²) in [6.45, 7) is 11.5. The molecular formula is C17H24ClN3. The van der Waals surface area contributed by atoms with Crippen molar-refractivity contribution >= 4 is 11.6 Å². The first-order chi connectivity index (χ1) is 9.95. The number of hydrogen-bond acceptors (Lipinski definition) is 2. The van der Waals surface area contributed by atoms with Crippen molar-refractivity contribution in [3.8, 4) is 0 Å². The first-order valence-electron chi connectivity index (χ1n) is 7.49. The predicted octanol–water partition coefficient (Wildman–Crippen LogP) is 4.43. The lowest BCUT2D eigenvalue weighted by Crippen LogP contribution is -2.26. The van der Waals surface area contributed by atoms with Gasteiger partial charge in [-0.3, -0.25) is 4.68 Å². The zero-order chi connectivity index (χ0) is 15.6. The molecule has 0 bridgehead atoms. The Morgan fingerprint density at radius 3 is 2.57 bits per heavy atom. The SMILES string of the molecule is CCNC(c1ccc(C)cc1C)c1c(Cl)cnn1C(C)C. The second-order valence-electron chi connectivity index (χ2n) is 5.77. The largest absolute Gasteiger partial charge is 0.305 e. The Morgan fingerprint density at radius 1 is 1.29 bits per heavy atom. The molecule has 1 aromatic carbocycles. The Kier molecular flexibility index (Phi) is 5.07. The van der Waals surface area contributed by atoms with E-state index in [1.165, 1.54) is 16.7 Å². The summed E-state index contributed by atoms with van der Waals surface area (Å²) in [5.41, 5.74) is 4.84. The van der Waals surface area contributed by atoms with Crippen LogP contribution in [0.1, 0.15) is 55.2 Å². The van der Waals surface area contributed by atoms with Crippen LogP contribution < -0.4 is 5.32 Å². The van der Waals surface area contributed by atoms with Crippen LogP contribution in [0.15, 0.2) is 24.4 Å². The van der Waals surface area contributed by atoms with Gasteiger partial charge in [-0.05, 0) is 45.4 Å². The quantitative estimate of drug-likeness (QED) is 0.885. The minimum absolute atomic E-state index is 0.0630. The third-order valence-electron chi connectivity index (χ3n) is 3.69. The summed E-state index contributed by atoms with van der Waals surface area (Å²) in [4.78, 5) is 0. The lowest BCUT2D eigenvalue weighted by atomic mass is 9.96. The van der Waals surface area contributed by atoms with E-state index >= 15 is 0 Å². The molecule has 114 valence electrons. The summed E-state index contributed by atoms with van der Waals surface area (Å²) >= 11 is 6.43. The van der Waals surface area contributed by atoms with Crippen molar-refractivity contribution in [2.75, 3.05) is 6.54 Å². The smallest absolute Gasteiger partial charge is 0.0837 e. The Balaban J connectivity index is 2.56. The van der Waals surface area contributed by atoms with Gasteiger partial charge < -0.3 is 5.32 Å². The van der Waals surface area contributed by atoms with Crippen LogP contribution in [0.2, 0.25) is 5.02 Å². The number of nitrogens with one attached hydrogen (secondary N) is 1. The van der Waals surface area contributed by atoms with Crippen LogP contribution in [0.5, 0.6) is 0 Å². The van der Waals surface area contributed by atoms with Gasteiger partial charge >= 0.3 is 0 Å². The van der Waals surface area contributed by atoms with Crippen LogP contribution in [-0.2, 0) is 0 Å². The number of hydrogen-bond donors (Lipinski definition) is 1. The second-order valence-corrected chi connectivity index (χ2v) is 6.17. The van der Waals surface area contributed by atoms with Crippen LogP contribution in [0, 0.1) is 13.8 Å². The highest BCUT2D eigenvalue weighted by Gasteiger charge is 2.23. The molecule has 0 radical (unpaired) electrons. The summed E-state index contributed by atoms with van der Waals surface area (Å²) in [5.74, 6) is 0. The van der Waals surface area contributed by atoms with Gasteiger partial charge in [0, 0.05) is 6.04 Å². The molecule has 1 unspecified atom stereocenters. The lowest BCUT2D eigenvalue weighted by Gasteiger charge is -2.24. The maximum atomic E-state index is 6.43. The molecule has 0 amide bonds. The van der Waals surface area contributed by atoms with Crippen molar-refractivity contribution in [2.45, 2.75) is 46.7 Å². The number of rotatable bonds is 5. The van der Waals surface area contributed by atoms with Gasteiger partial charge in [-0.15, -0.1) is 0 Å². The highest BCUT2D eigenvalue weighted by atomic mass is 35.5. The van der Waals surface area contributed by atoms with Crippen molar-refractivity contribution in [1.82, 2.24) is 15.1 Å². The molecule has 0 aliphatic rings. The molecule has 1 heterocycles. The minimum atomic E-state index is 0.0630. The van der Waals surface area contributed by atoms with Crippen LogP contribution in [-0.4, -0.2) is 16.3 Å². The fourth-order valence-corrected chi connectivity index (χ4v) is 2.98. The molecule has 0 spiro atoms. The molecule has 0 saturated heterocycles. The highest BCUT2D eigenvalue weighted by molar-refractivity contribution is 6.31. The van der Waals surface area contributed by atoms with Gasteiger partial charge in [0.15, 0.2) is 0 Å². The molecule has 4 heteroatoms. The van der Waals surface area contributed by atoms with E-state index in [-0.39, 0.29) is 12.1 Å². The van der Waals surface area contributed by atoms with Crippen LogP contribution in [0.4, 0.5) is 0 Å². The number of nitrogens with zero attached hydrogens (tertiary/aromatic N) is 2. The third kappa shape index (κ3) is 3.30. The van der Waals surface area contributed by atoms with Crippen LogP contribution in [0.25, 0.3) is 0 Å². The van der Waals surface area contributed by atoms with Gasteiger partial charge in [0.25, 0.3) is 0 Å². The van der Waals surface area contributed by atoms with Gasteiger partial charge in [-0.25, -0.2) is 0 Å². The highest BCUT2D eigenvalue weighted by Crippen LogP contribution is 2.32. The topological polar surface area (TPSA) is 29.9 Å². The van der Waals surface area contributed by atoms with Crippen molar-refractivity contribution in [3.63, 3.8) is 0 Å². The zero-order valence-corrected chi connectivity index (χ0v) is 14.2. The summed E-state index contributed by atoms with van der Waals surface area (Å²) in [6, 6.07) is 6.89. The normalized spacial score (nSPS) is 12.9. The fourth-order valence-electron chi connectivity index (χ4n) is 2.74. The molecule has 1 aromatic heterocycles. The average molecular weight is 306 g/mol. The first-order valence-corrected chi connectivity index (χ1v) is 7.87. The van der Waals surface area contributed by atoms with Gasteiger partial charge in [0.2, 0.25) is 0 Å². The van der Waals surface area contributed by atoms with Gasteiger partial charge in [0.1, 0.15) is 0 Å². The molecule has 1 N–H and O–H groups in total. The molecule has 0 aliphatic heterocycles. The van der Waals surface area contributed by atoms with Gasteiger partial charge in [-0.2, -0.15) is 5.10 Å². The Labute approximate surface area is 132 Å². The number of halogens is 1. The summed E-state index contributed by atoms with van der Waals surface area (Å²) in [5, 5.41) is 8.71. The lowest BCUT2D eigenvalue weighted by molar-refractivity contribution is 0.476. The van der Waals surface area contributed by atoms with E-state index < -0.39 is 0 Å². The van der Waals surface area contributed by atoms with Crippen molar-refractivity contribution in [1.29, 1.82) is 0 Å². The van der Waals surface area contributed by atoms with E-state index in [0.29, 0.717) is 0 Å². The molecule has 21 heavy (non-hydrogen) atoms. The maximum absolute atomic E-state index is 6.43. The van der Waals surface area contributed by atoms with Gasteiger partial charge in [0.05, 0.1) is 23.0 Å². The summed E-state index contributed by atoms with van der Waals surface area (Å²) in [6.07, 6.45) is 1.74. The summed E-state index contributed by atoms with van der Waals surface area (Å²) < 4.78 is 2.01. The molecule has 0 saturated carbocycles. The van der Waals surface area contributed by atoms with E-state index in [1.807, 2.05) is 4.68 Å². The van der Waals surface area contributed by atoms with Crippen molar-refractivity contribution < 1.29 is 0 Å². The van der Waals surface area contributed by atoms with Crippen molar-refractivity contribution in [3.05, 3.63) is 51.8 Å². The Morgan fingerprint density at radius 2 is 2.00 bits per heavy atom. The van der Waals surface area contributed by atoms with E-state index in [9.17, 15) is 0 Å². The van der Waals surface area contributed by atoms with E-state index in [2.05, 4.69) is 63.2 Å². The minimum Gasteiger partial charge on any atom is -0.305 e. The van der Waals surface area contributed by atoms with Crippen LogP contribution in [0.3, 0.4) is 0 Å². The van der Waals surface area contributed by atoms with Crippen LogP contribution >= 0.6 is 11.6 Å². The zero-order valence-electron chi connectivity index (χ0n) is 13.4. The number of benzene rings is 1. The molecule has 2 aromatic rings. The molecule has 2 rings (SSSR count). The monoisotopic (exact) mass is 305 g/mol. The average Bonchev–Trinajstić information content (AvgIpc) is 2.79. The predicted molar refractivity (Wildman–Crippen MR) is 89.1 cm³/mol. The molecule has 1 atom stereocenters. The van der Waals surface area contributed by atoms with Gasteiger partial charge in [-0.1, -0.05) is 42.3 Å². The third-order valence-corrected chi connectivity index (χ3v) is 3.99. The van der Waals surface area contributed by atoms with Crippen molar-refractivity contribution in [2.24, 2.45) is 0 Å². The molecule has 0 aliphatic carbocycles. The number of aromatic nitrogens is 2. The maximum Gasteiger partial charge on any atom is 0.0837 e. The first kappa shape index (κ1) is 16.1. The fraction of sp³-hybridized carbons (Fsp3) is 0.471. The van der Waals surface area contributed by atoms with E-state index in [0.717, 1.165) is 17.3 Å². The standard InChI is InChI=1S/C17H24ClN3/c1-6-19-16(14-8-7-12(4)9-13(14)5)17-15(18)10-20-21(17)11(2)3/h7-11,16,19H,6H2,1-5H3. The number of aryl methyl sites for hydroxylation is 2.